The van der Waals surface area contributed by atoms with Crippen molar-refractivity contribution < 1.29 is 0 Å². The molecule has 1 aliphatic rings. The van der Waals surface area contributed by atoms with Crippen molar-refractivity contribution in [3.8, 4) is 0 Å². The van der Waals surface area contributed by atoms with Gasteiger partial charge in [-0.1, -0.05) is 30.3 Å². The van der Waals surface area contributed by atoms with Crippen molar-refractivity contribution >= 4 is 12.6 Å². The van der Waals surface area contributed by atoms with Gasteiger partial charge < -0.3 is 0 Å². The summed E-state index contributed by atoms with van der Waals surface area (Å²) in [5.41, 5.74) is 5.81. The third-order valence-corrected chi connectivity index (χ3v) is 3.35. The Hall–Kier alpha value is -1.21. The highest BCUT2D eigenvalue weighted by atomic mass is 32.1. The van der Waals surface area contributed by atoms with E-state index in [0.29, 0.717) is 0 Å². The van der Waals surface area contributed by atoms with Crippen LogP contribution in [0, 0.1) is 0 Å². The summed E-state index contributed by atoms with van der Waals surface area (Å²) in [6.07, 6.45) is 2.12. The maximum Gasteiger partial charge on any atom is 0.00430 e. The quantitative estimate of drug-likeness (QED) is 0.542. The van der Waals surface area contributed by atoms with E-state index >= 15 is 0 Å². The monoisotopic (exact) mass is 212 g/mol. The number of rotatable bonds is 0. The standard InChI is InChI=1S/C14H12S/c15-14-6-5-12-7-10-3-1-2-4-11(10)8-13(12)9-14/h1-6,9,15H,7-8H2. The first kappa shape index (κ1) is 9.05. The second-order valence-corrected chi connectivity index (χ2v) is 4.59. The molecule has 0 heterocycles. The van der Waals surface area contributed by atoms with Gasteiger partial charge in [0.15, 0.2) is 0 Å². The lowest BCUT2D eigenvalue weighted by molar-refractivity contribution is 0.992. The molecule has 0 aromatic heterocycles. The summed E-state index contributed by atoms with van der Waals surface area (Å²) < 4.78 is 0. The molecule has 0 nitrogen and oxygen atoms in total. The van der Waals surface area contributed by atoms with E-state index in [4.69, 9.17) is 0 Å². The van der Waals surface area contributed by atoms with Crippen LogP contribution in [0.25, 0.3) is 0 Å². The Morgan fingerprint density at radius 2 is 1.33 bits per heavy atom. The van der Waals surface area contributed by atoms with Crippen LogP contribution >= 0.6 is 12.6 Å². The van der Waals surface area contributed by atoms with Gasteiger partial charge in [0.2, 0.25) is 0 Å². The Morgan fingerprint density at radius 3 is 2.07 bits per heavy atom. The molecule has 2 aromatic carbocycles. The van der Waals surface area contributed by atoms with E-state index in [1.165, 1.54) is 22.3 Å². The molecular weight excluding hydrogens is 200 g/mol. The van der Waals surface area contributed by atoms with Crippen LogP contribution < -0.4 is 0 Å². The first-order valence-electron chi connectivity index (χ1n) is 5.20. The summed E-state index contributed by atoms with van der Waals surface area (Å²) in [6.45, 7) is 0. The molecule has 0 radical (unpaired) electrons. The highest BCUT2D eigenvalue weighted by Gasteiger charge is 2.14. The fourth-order valence-corrected chi connectivity index (χ4v) is 2.49. The Balaban J connectivity index is 2.11. The normalized spacial score (nSPS) is 13.1. The topological polar surface area (TPSA) is 0 Å². The molecule has 15 heavy (non-hydrogen) atoms. The van der Waals surface area contributed by atoms with Crippen molar-refractivity contribution in [1.82, 2.24) is 0 Å². The van der Waals surface area contributed by atoms with Crippen molar-refractivity contribution in [2.45, 2.75) is 17.7 Å². The average molecular weight is 212 g/mol. The van der Waals surface area contributed by atoms with Gasteiger partial charge in [-0.05, 0) is 47.2 Å². The van der Waals surface area contributed by atoms with Crippen LogP contribution in [-0.4, -0.2) is 0 Å². The summed E-state index contributed by atoms with van der Waals surface area (Å²) in [4.78, 5) is 1.06. The van der Waals surface area contributed by atoms with Gasteiger partial charge >= 0.3 is 0 Å². The summed E-state index contributed by atoms with van der Waals surface area (Å²) >= 11 is 4.39. The predicted molar refractivity (Wildman–Crippen MR) is 65.7 cm³/mol. The molecule has 0 atom stereocenters. The molecule has 0 amide bonds. The van der Waals surface area contributed by atoms with Gasteiger partial charge in [-0.2, -0.15) is 0 Å². The molecule has 0 bridgehead atoms. The van der Waals surface area contributed by atoms with Crippen LogP contribution in [0.4, 0.5) is 0 Å². The highest BCUT2D eigenvalue weighted by Crippen LogP contribution is 2.28. The van der Waals surface area contributed by atoms with Crippen LogP contribution in [0.1, 0.15) is 22.3 Å². The molecule has 2 aromatic rings. The van der Waals surface area contributed by atoms with Crippen LogP contribution in [0.15, 0.2) is 47.4 Å². The zero-order valence-electron chi connectivity index (χ0n) is 8.40. The number of hydrogen-bond acceptors (Lipinski definition) is 1. The lowest BCUT2D eigenvalue weighted by atomic mass is 9.86. The number of hydrogen-bond donors (Lipinski definition) is 1. The second-order valence-electron chi connectivity index (χ2n) is 4.08. The van der Waals surface area contributed by atoms with Crippen LogP contribution in [0.5, 0.6) is 0 Å². The van der Waals surface area contributed by atoms with Crippen LogP contribution in [0.2, 0.25) is 0 Å². The smallest absolute Gasteiger partial charge is 0.00430 e. The Bertz CT molecular complexity index is 514. The zero-order chi connectivity index (χ0) is 10.3. The number of fused-ring (bicyclic) bond motifs is 2. The fourth-order valence-electron chi connectivity index (χ4n) is 2.26. The minimum atomic E-state index is 1.06. The van der Waals surface area contributed by atoms with Gasteiger partial charge in [0.25, 0.3) is 0 Å². The van der Waals surface area contributed by atoms with E-state index in [0.717, 1.165) is 17.7 Å². The largest absolute Gasteiger partial charge is 0.143 e. The molecule has 1 heteroatoms. The molecule has 74 valence electrons. The van der Waals surface area contributed by atoms with Crippen LogP contribution in [-0.2, 0) is 12.8 Å². The highest BCUT2D eigenvalue weighted by molar-refractivity contribution is 7.80. The summed E-state index contributed by atoms with van der Waals surface area (Å²) in [7, 11) is 0. The van der Waals surface area contributed by atoms with Gasteiger partial charge in [0, 0.05) is 4.90 Å². The summed E-state index contributed by atoms with van der Waals surface area (Å²) in [5, 5.41) is 0. The molecular formula is C14H12S. The SMILES string of the molecule is Sc1ccc2c(c1)Cc1ccccc1C2. The van der Waals surface area contributed by atoms with Crippen molar-refractivity contribution in [2.24, 2.45) is 0 Å². The first-order valence-corrected chi connectivity index (χ1v) is 5.65. The van der Waals surface area contributed by atoms with Gasteiger partial charge in [-0.3, -0.25) is 0 Å². The predicted octanol–water partition coefficient (Wildman–Crippen LogP) is 3.47. The molecule has 0 N–H and O–H groups in total. The molecule has 0 saturated heterocycles. The minimum absolute atomic E-state index is 1.06. The molecule has 1 aliphatic carbocycles. The molecule has 0 aliphatic heterocycles. The first-order chi connectivity index (χ1) is 7.33. The van der Waals surface area contributed by atoms with Crippen molar-refractivity contribution in [3.05, 3.63) is 64.7 Å². The Labute approximate surface area is 95.4 Å². The van der Waals surface area contributed by atoms with Gasteiger partial charge in [0.1, 0.15) is 0 Å². The van der Waals surface area contributed by atoms with E-state index in [1.807, 2.05) is 0 Å². The minimum Gasteiger partial charge on any atom is -0.143 e. The molecule has 0 spiro atoms. The average Bonchev–Trinajstić information content (AvgIpc) is 2.26. The molecule has 3 rings (SSSR count). The third-order valence-electron chi connectivity index (χ3n) is 3.07. The molecule has 0 saturated carbocycles. The van der Waals surface area contributed by atoms with Gasteiger partial charge in [-0.25, -0.2) is 0 Å². The number of benzene rings is 2. The van der Waals surface area contributed by atoms with Crippen molar-refractivity contribution in [1.29, 1.82) is 0 Å². The van der Waals surface area contributed by atoms with E-state index < -0.39 is 0 Å². The Kier molecular flexibility index (Phi) is 2.06. The maximum atomic E-state index is 4.39. The lowest BCUT2D eigenvalue weighted by Gasteiger charge is -2.19. The van der Waals surface area contributed by atoms with E-state index in [9.17, 15) is 0 Å². The van der Waals surface area contributed by atoms with E-state index in [-0.39, 0.29) is 0 Å². The second kappa shape index (κ2) is 3.42. The fraction of sp³-hybridized carbons (Fsp3) is 0.143. The third kappa shape index (κ3) is 1.57. The zero-order valence-corrected chi connectivity index (χ0v) is 9.30. The van der Waals surface area contributed by atoms with Gasteiger partial charge in [0.05, 0.1) is 0 Å². The van der Waals surface area contributed by atoms with E-state index in [2.05, 4.69) is 55.1 Å². The summed E-state index contributed by atoms with van der Waals surface area (Å²) in [6, 6.07) is 15.2. The van der Waals surface area contributed by atoms with Gasteiger partial charge in [-0.15, -0.1) is 12.6 Å². The number of thiol groups is 1. The molecule has 0 unspecified atom stereocenters. The summed E-state index contributed by atoms with van der Waals surface area (Å²) in [5.74, 6) is 0. The van der Waals surface area contributed by atoms with E-state index in [1.54, 1.807) is 0 Å². The lowest BCUT2D eigenvalue weighted by Crippen LogP contribution is -2.06. The maximum absolute atomic E-state index is 4.39. The molecule has 0 fully saturated rings. The van der Waals surface area contributed by atoms with Crippen molar-refractivity contribution in [2.75, 3.05) is 0 Å². The van der Waals surface area contributed by atoms with Crippen LogP contribution in [0.3, 0.4) is 0 Å². The Morgan fingerprint density at radius 1 is 0.733 bits per heavy atom. The van der Waals surface area contributed by atoms with Crippen molar-refractivity contribution in [3.63, 3.8) is 0 Å².